The van der Waals surface area contributed by atoms with Crippen LogP contribution in [0.15, 0.2) is 24.4 Å². The Morgan fingerprint density at radius 2 is 2.11 bits per heavy atom. The summed E-state index contributed by atoms with van der Waals surface area (Å²) in [5, 5.41) is 15.4. The summed E-state index contributed by atoms with van der Waals surface area (Å²) in [4.78, 5) is 14.4. The molecule has 0 saturated heterocycles. The molecule has 7 heteroatoms. The number of nitro groups is 1. The van der Waals surface area contributed by atoms with Crippen molar-refractivity contribution in [2.75, 3.05) is 0 Å². The van der Waals surface area contributed by atoms with Crippen molar-refractivity contribution in [3.63, 3.8) is 0 Å². The highest BCUT2D eigenvalue weighted by Crippen LogP contribution is 2.23. The first kappa shape index (κ1) is 12.5. The second kappa shape index (κ2) is 4.73. The lowest BCUT2D eigenvalue weighted by atomic mass is 10.1. The van der Waals surface area contributed by atoms with E-state index < -0.39 is 4.92 Å². The highest BCUT2D eigenvalue weighted by Gasteiger charge is 2.18. The van der Waals surface area contributed by atoms with Gasteiger partial charge in [-0.05, 0) is 18.1 Å². The van der Waals surface area contributed by atoms with Crippen LogP contribution in [0.2, 0.25) is 5.15 Å². The Balaban J connectivity index is 2.54. The zero-order chi connectivity index (χ0) is 13.3. The van der Waals surface area contributed by atoms with Crippen molar-refractivity contribution in [3.8, 4) is 5.82 Å². The lowest BCUT2D eigenvalue weighted by Crippen LogP contribution is -2.04. The fraction of sp³-hybridized carbons (Fsp3) is 0.273. The highest BCUT2D eigenvalue weighted by molar-refractivity contribution is 6.29. The maximum absolute atomic E-state index is 10.9. The van der Waals surface area contributed by atoms with E-state index in [0.717, 1.165) is 5.69 Å². The van der Waals surface area contributed by atoms with E-state index in [1.807, 2.05) is 13.8 Å². The Morgan fingerprint density at radius 3 is 2.67 bits per heavy atom. The summed E-state index contributed by atoms with van der Waals surface area (Å²) >= 11 is 5.77. The van der Waals surface area contributed by atoms with Crippen LogP contribution in [0, 0.1) is 10.1 Å². The summed E-state index contributed by atoms with van der Waals surface area (Å²) in [5.74, 6) is 0.365. The maximum atomic E-state index is 10.9. The third-order valence-corrected chi connectivity index (χ3v) is 2.65. The number of pyridine rings is 1. The fourth-order valence-corrected chi connectivity index (χ4v) is 1.64. The summed E-state index contributed by atoms with van der Waals surface area (Å²) in [7, 11) is 0. The summed E-state index contributed by atoms with van der Waals surface area (Å²) < 4.78 is 1.37. The number of aromatic nitrogens is 3. The first-order chi connectivity index (χ1) is 8.49. The summed E-state index contributed by atoms with van der Waals surface area (Å²) in [6.45, 7) is 3.99. The fourth-order valence-electron chi connectivity index (χ4n) is 1.49. The van der Waals surface area contributed by atoms with Crippen molar-refractivity contribution in [1.29, 1.82) is 0 Å². The van der Waals surface area contributed by atoms with Crippen LogP contribution in [-0.2, 0) is 0 Å². The molecular weight excluding hydrogens is 256 g/mol. The normalized spacial score (nSPS) is 10.9. The quantitative estimate of drug-likeness (QED) is 0.486. The minimum atomic E-state index is -0.505. The molecule has 2 aromatic heterocycles. The zero-order valence-electron chi connectivity index (χ0n) is 9.87. The molecule has 0 N–H and O–H groups in total. The molecule has 0 amide bonds. The number of hydrogen-bond acceptors (Lipinski definition) is 4. The van der Waals surface area contributed by atoms with Gasteiger partial charge in [-0.15, -0.1) is 0 Å². The highest BCUT2D eigenvalue weighted by atomic mass is 35.5. The number of rotatable bonds is 3. The molecule has 0 bridgehead atoms. The van der Waals surface area contributed by atoms with Crippen LogP contribution in [0.25, 0.3) is 5.82 Å². The predicted octanol–water partition coefficient (Wildman–Crippen LogP) is 2.95. The number of nitrogens with zero attached hydrogens (tertiary/aromatic N) is 4. The van der Waals surface area contributed by atoms with E-state index in [2.05, 4.69) is 10.1 Å². The molecule has 0 aromatic carbocycles. The van der Waals surface area contributed by atoms with Crippen molar-refractivity contribution in [2.24, 2.45) is 0 Å². The minimum absolute atomic E-state index is 0.124. The van der Waals surface area contributed by atoms with Crippen LogP contribution < -0.4 is 0 Å². The number of hydrogen-bond donors (Lipinski definition) is 0. The van der Waals surface area contributed by atoms with E-state index in [-0.39, 0.29) is 22.6 Å². The molecule has 0 aliphatic rings. The van der Waals surface area contributed by atoms with Gasteiger partial charge in [0.2, 0.25) is 5.82 Å². The third kappa shape index (κ3) is 2.33. The average molecular weight is 267 g/mol. The van der Waals surface area contributed by atoms with Crippen molar-refractivity contribution in [2.45, 2.75) is 19.8 Å². The van der Waals surface area contributed by atoms with E-state index in [1.165, 1.54) is 16.8 Å². The van der Waals surface area contributed by atoms with E-state index in [9.17, 15) is 10.1 Å². The van der Waals surface area contributed by atoms with Crippen LogP contribution in [0.4, 0.5) is 5.69 Å². The Labute approximate surface area is 108 Å². The first-order valence-corrected chi connectivity index (χ1v) is 5.73. The molecule has 0 aliphatic heterocycles. The molecule has 0 aliphatic carbocycles. The van der Waals surface area contributed by atoms with Gasteiger partial charge >= 0.3 is 5.69 Å². The molecule has 94 valence electrons. The van der Waals surface area contributed by atoms with Gasteiger partial charge in [0.15, 0.2) is 0 Å². The SMILES string of the molecule is CC(C)c1ccn(-c2nc(Cl)ccc2[N+](=O)[O-])n1. The van der Waals surface area contributed by atoms with Crippen LogP contribution >= 0.6 is 11.6 Å². The second-order valence-electron chi connectivity index (χ2n) is 4.07. The zero-order valence-corrected chi connectivity index (χ0v) is 10.6. The van der Waals surface area contributed by atoms with Gasteiger partial charge in [-0.1, -0.05) is 25.4 Å². The largest absolute Gasteiger partial charge is 0.313 e. The standard InChI is InChI=1S/C11H11ClN4O2/c1-7(2)8-5-6-15(14-8)11-9(16(17)18)3-4-10(12)13-11/h3-7H,1-2H3. The molecule has 2 heterocycles. The van der Waals surface area contributed by atoms with Crippen molar-refractivity contribution >= 4 is 17.3 Å². The van der Waals surface area contributed by atoms with Gasteiger partial charge < -0.3 is 0 Å². The van der Waals surface area contributed by atoms with Crippen molar-refractivity contribution in [1.82, 2.24) is 14.8 Å². The Bertz CT molecular complexity index is 594. The van der Waals surface area contributed by atoms with Gasteiger partial charge in [0.05, 0.1) is 10.6 Å². The second-order valence-corrected chi connectivity index (χ2v) is 4.46. The topological polar surface area (TPSA) is 73.8 Å². The summed E-state index contributed by atoms with van der Waals surface area (Å²) in [6, 6.07) is 4.51. The van der Waals surface area contributed by atoms with Gasteiger partial charge in [-0.3, -0.25) is 10.1 Å². The van der Waals surface area contributed by atoms with E-state index in [1.54, 1.807) is 12.3 Å². The smallest absolute Gasteiger partial charge is 0.258 e. The molecule has 0 fully saturated rings. The first-order valence-electron chi connectivity index (χ1n) is 5.36. The molecule has 2 aromatic rings. The van der Waals surface area contributed by atoms with Crippen LogP contribution in [0.3, 0.4) is 0 Å². The Morgan fingerprint density at radius 1 is 1.39 bits per heavy atom. The van der Waals surface area contributed by atoms with Gasteiger partial charge in [0, 0.05) is 12.3 Å². The maximum Gasteiger partial charge on any atom is 0.313 e. The molecule has 18 heavy (non-hydrogen) atoms. The van der Waals surface area contributed by atoms with Gasteiger partial charge in [-0.2, -0.15) is 5.10 Å². The third-order valence-electron chi connectivity index (χ3n) is 2.44. The van der Waals surface area contributed by atoms with E-state index in [0.29, 0.717) is 0 Å². The van der Waals surface area contributed by atoms with Crippen molar-refractivity contribution in [3.05, 3.63) is 45.4 Å². The van der Waals surface area contributed by atoms with Crippen molar-refractivity contribution < 1.29 is 4.92 Å². The number of halogens is 1. The molecule has 0 atom stereocenters. The predicted molar refractivity (Wildman–Crippen MR) is 67.1 cm³/mol. The molecule has 2 rings (SSSR count). The molecule has 0 spiro atoms. The van der Waals surface area contributed by atoms with Gasteiger partial charge in [0.25, 0.3) is 0 Å². The lowest BCUT2D eigenvalue weighted by Gasteiger charge is -2.03. The molecule has 0 radical (unpaired) electrons. The Hall–Kier alpha value is -1.95. The Kier molecular flexibility index (Phi) is 3.29. The van der Waals surface area contributed by atoms with Gasteiger partial charge in [-0.25, -0.2) is 9.67 Å². The van der Waals surface area contributed by atoms with Gasteiger partial charge in [0.1, 0.15) is 5.15 Å². The summed E-state index contributed by atoms with van der Waals surface area (Å²) in [6.07, 6.45) is 1.64. The van der Waals surface area contributed by atoms with E-state index >= 15 is 0 Å². The lowest BCUT2D eigenvalue weighted by molar-refractivity contribution is -0.384. The summed E-state index contributed by atoms with van der Waals surface area (Å²) in [5.41, 5.74) is 0.712. The minimum Gasteiger partial charge on any atom is -0.258 e. The van der Waals surface area contributed by atoms with Crippen LogP contribution in [0.5, 0.6) is 0 Å². The molecule has 6 nitrogen and oxygen atoms in total. The molecule has 0 saturated carbocycles. The van der Waals surface area contributed by atoms with Crippen LogP contribution in [0.1, 0.15) is 25.5 Å². The average Bonchev–Trinajstić information content (AvgIpc) is 2.77. The van der Waals surface area contributed by atoms with E-state index in [4.69, 9.17) is 11.6 Å². The molecular formula is C11H11ClN4O2. The molecule has 0 unspecified atom stereocenters. The monoisotopic (exact) mass is 266 g/mol. The van der Waals surface area contributed by atoms with Crippen LogP contribution in [-0.4, -0.2) is 19.7 Å².